The molecule has 0 atom stereocenters. The largest absolute Gasteiger partial charge is 0.492 e. The van der Waals surface area contributed by atoms with Gasteiger partial charge in [-0.1, -0.05) is 0 Å². The molecule has 0 bridgehead atoms. The van der Waals surface area contributed by atoms with E-state index in [1.807, 2.05) is 31.3 Å². The molecule has 8 heteroatoms. The normalized spacial score (nSPS) is 12.9. The predicted molar refractivity (Wildman–Crippen MR) is 103 cm³/mol. The zero-order valence-electron chi connectivity index (χ0n) is 15.1. The van der Waals surface area contributed by atoms with E-state index in [1.54, 1.807) is 11.3 Å². The number of nitrogens with one attached hydrogen (secondary N) is 2. The van der Waals surface area contributed by atoms with Gasteiger partial charge in [0.25, 0.3) is 0 Å². The van der Waals surface area contributed by atoms with Crippen LogP contribution in [0.5, 0.6) is 17.2 Å². The van der Waals surface area contributed by atoms with E-state index in [-0.39, 0.29) is 6.79 Å². The highest BCUT2D eigenvalue weighted by atomic mass is 32.1. The van der Waals surface area contributed by atoms with Crippen molar-refractivity contribution in [2.45, 2.75) is 20.3 Å². The standard InChI is InChI=1S/C18H24N4O3S/c1-3-19-18(20-7-6-17-22-11-13(2)26-17)21-8-9-23-14-4-5-15-16(10-14)25-12-24-15/h4-5,10-11H,3,6-9,12H2,1-2H3,(H2,19,20,21). The number of hydrogen-bond donors (Lipinski definition) is 2. The Hall–Kier alpha value is -2.48. The first kappa shape index (κ1) is 18.3. The predicted octanol–water partition coefficient (Wildman–Crippen LogP) is 2.36. The molecule has 1 aromatic carbocycles. The van der Waals surface area contributed by atoms with Gasteiger partial charge in [0.05, 0.1) is 11.6 Å². The summed E-state index contributed by atoms with van der Waals surface area (Å²) in [5.41, 5.74) is 0. The molecule has 140 valence electrons. The zero-order chi connectivity index (χ0) is 18.2. The number of hydrogen-bond acceptors (Lipinski definition) is 6. The number of nitrogens with zero attached hydrogens (tertiary/aromatic N) is 2. The summed E-state index contributed by atoms with van der Waals surface area (Å²) in [5.74, 6) is 3.03. The maximum atomic E-state index is 5.75. The Morgan fingerprint density at radius 1 is 1.31 bits per heavy atom. The lowest BCUT2D eigenvalue weighted by Gasteiger charge is -2.12. The molecule has 2 heterocycles. The molecule has 0 spiro atoms. The molecule has 1 aliphatic rings. The number of rotatable bonds is 8. The summed E-state index contributed by atoms with van der Waals surface area (Å²) >= 11 is 1.72. The van der Waals surface area contributed by atoms with Crippen LogP contribution < -0.4 is 24.8 Å². The van der Waals surface area contributed by atoms with Crippen LogP contribution in [-0.4, -0.2) is 44.0 Å². The number of aryl methyl sites for hydroxylation is 1. The Morgan fingerprint density at radius 2 is 2.19 bits per heavy atom. The Kier molecular flexibility index (Phi) is 6.54. The quantitative estimate of drug-likeness (QED) is 0.418. The molecule has 0 saturated heterocycles. The molecule has 0 radical (unpaired) electrons. The van der Waals surface area contributed by atoms with Gasteiger partial charge in [0.2, 0.25) is 6.79 Å². The fourth-order valence-electron chi connectivity index (χ4n) is 2.43. The summed E-state index contributed by atoms with van der Waals surface area (Å²) in [7, 11) is 0. The molecule has 2 aromatic rings. The number of guanidine groups is 1. The second-order valence-corrected chi connectivity index (χ2v) is 6.98. The van der Waals surface area contributed by atoms with E-state index in [2.05, 4.69) is 27.5 Å². The smallest absolute Gasteiger partial charge is 0.231 e. The molecule has 2 N–H and O–H groups in total. The Morgan fingerprint density at radius 3 is 3.00 bits per heavy atom. The topological polar surface area (TPSA) is 77.0 Å². The van der Waals surface area contributed by atoms with E-state index in [1.165, 1.54) is 4.88 Å². The molecule has 1 aliphatic heterocycles. The van der Waals surface area contributed by atoms with Crippen LogP contribution in [0.2, 0.25) is 0 Å². The summed E-state index contributed by atoms with van der Waals surface area (Å²) in [4.78, 5) is 10.2. The monoisotopic (exact) mass is 376 g/mol. The second-order valence-electron chi connectivity index (χ2n) is 5.67. The van der Waals surface area contributed by atoms with Crippen LogP contribution in [0.3, 0.4) is 0 Å². The first-order valence-electron chi connectivity index (χ1n) is 8.70. The van der Waals surface area contributed by atoms with Crippen LogP contribution in [0.4, 0.5) is 0 Å². The lowest BCUT2D eigenvalue weighted by molar-refractivity contribution is 0.173. The average Bonchev–Trinajstić information content (AvgIpc) is 3.27. The first-order chi connectivity index (χ1) is 12.7. The van der Waals surface area contributed by atoms with Crippen molar-refractivity contribution in [3.63, 3.8) is 0 Å². The molecule has 0 unspecified atom stereocenters. The maximum absolute atomic E-state index is 5.75. The van der Waals surface area contributed by atoms with Gasteiger partial charge in [0.15, 0.2) is 17.5 Å². The van der Waals surface area contributed by atoms with Gasteiger partial charge in [-0.2, -0.15) is 0 Å². The van der Waals surface area contributed by atoms with E-state index in [9.17, 15) is 0 Å². The Bertz CT molecular complexity index is 748. The van der Waals surface area contributed by atoms with E-state index >= 15 is 0 Å². The van der Waals surface area contributed by atoms with Gasteiger partial charge in [0, 0.05) is 36.7 Å². The van der Waals surface area contributed by atoms with Crippen LogP contribution in [0.25, 0.3) is 0 Å². The van der Waals surface area contributed by atoms with Gasteiger partial charge in [-0.05, 0) is 26.0 Å². The lowest BCUT2D eigenvalue weighted by atomic mass is 10.3. The van der Waals surface area contributed by atoms with Gasteiger partial charge < -0.3 is 24.8 Å². The van der Waals surface area contributed by atoms with E-state index in [0.717, 1.165) is 41.2 Å². The SMILES string of the molecule is CCNC(=NCCc1ncc(C)s1)NCCOc1ccc2c(c1)OCO2. The summed E-state index contributed by atoms with van der Waals surface area (Å²) in [6.07, 6.45) is 2.75. The Balaban J connectivity index is 1.41. The van der Waals surface area contributed by atoms with Crippen LogP contribution in [0, 0.1) is 6.92 Å². The molecule has 26 heavy (non-hydrogen) atoms. The van der Waals surface area contributed by atoms with Crippen molar-refractivity contribution in [2.75, 3.05) is 33.0 Å². The van der Waals surface area contributed by atoms with Gasteiger partial charge in [-0.3, -0.25) is 4.99 Å². The van der Waals surface area contributed by atoms with Crippen molar-refractivity contribution in [1.82, 2.24) is 15.6 Å². The van der Waals surface area contributed by atoms with Crippen LogP contribution in [0.1, 0.15) is 16.8 Å². The second kappa shape index (κ2) is 9.28. The van der Waals surface area contributed by atoms with Crippen LogP contribution in [-0.2, 0) is 6.42 Å². The number of fused-ring (bicyclic) bond motifs is 1. The number of thiazole rings is 1. The van der Waals surface area contributed by atoms with Gasteiger partial charge in [0.1, 0.15) is 12.4 Å². The number of ether oxygens (including phenoxy) is 3. The third kappa shape index (κ3) is 5.26. The minimum absolute atomic E-state index is 0.267. The molecule has 0 saturated carbocycles. The van der Waals surface area contributed by atoms with Crippen molar-refractivity contribution in [3.8, 4) is 17.2 Å². The van der Waals surface area contributed by atoms with Crippen molar-refractivity contribution in [3.05, 3.63) is 34.3 Å². The van der Waals surface area contributed by atoms with E-state index in [0.29, 0.717) is 19.7 Å². The summed E-state index contributed by atoms with van der Waals surface area (Å²) in [5, 5.41) is 7.63. The highest BCUT2D eigenvalue weighted by Crippen LogP contribution is 2.34. The lowest BCUT2D eigenvalue weighted by Crippen LogP contribution is -2.39. The highest BCUT2D eigenvalue weighted by Gasteiger charge is 2.13. The van der Waals surface area contributed by atoms with Crippen molar-refractivity contribution < 1.29 is 14.2 Å². The van der Waals surface area contributed by atoms with E-state index < -0.39 is 0 Å². The van der Waals surface area contributed by atoms with E-state index in [4.69, 9.17) is 14.2 Å². The van der Waals surface area contributed by atoms with Crippen LogP contribution in [0.15, 0.2) is 29.4 Å². The number of aromatic nitrogens is 1. The van der Waals surface area contributed by atoms with Gasteiger partial charge >= 0.3 is 0 Å². The van der Waals surface area contributed by atoms with Gasteiger partial charge in [-0.25, -0.2) is 4.98 Å². The number of benzene rings is 1. The van der Waals surface area contributed by atoms with Crippen molar-refractivity contribution in [1.29, 1.82) is 0 Å². The molecule has 0 amide bonds. The first-order valence-corrected chi connectivity index (χ1v) is 9.52. The minimum atomic E-state index is 0.267. The molecule has 1 aromatic heterocycles. The molecular weight excluding hydrogens is 352 g/mol. The summed E-state index contributed by atoms with van der Waals surface area (Å²) < 4.78 is 16.4. The van der Waals surface area contributed by atoms with Crippen LogP contribution >= 0.6 is 11.3 Å². The Labute approximate surface area is 157 Å². The molecule has 3 rings (SSSR count). The third-order valence-corrected chi connectivity index (χ3v) is 4.59. The van der Waals surface area contributed by atoms with Crippen molar-refractivity contribution >= 4 is 17.3 Å². The molecular formula is C18H24N4O3S. The average molecular weight is 376 g/mol. The number of aliphatic imine (C=N–C) groups is 1. The zero-order valence-corrected chi connectivity index (χ0v) is 15.9. The third-order valence-electron chi connectivity index (χ3n) is 3.62. The van der Waals surface area contributed by atoms with Crippen molar-refractivity contribution in [2.24, 2.45) is 4.99 Å². The summed E-state index contributed by atoms with van der Waals surface area (Å²) in [6.45, 7) is 7.06. The molecule has 0 fully saturated rings. The summed E-state index contributed by atoms with van der Waals surface area (Å²) in [6, 6.07) is 5.58. The molecule has 7 nitrogen and oxygen atoms in total. The van der Waals surface area contributed by atoms with Gasteiger partial charge in [-0.15, -0.1) is 11.3 Å². The highest BCUT2D eigenvalue weighted by molar-refractivity contribution is 7.11. The minimum Gasteiger partial charge on any atom is -0.492 e. The fraction of sp³-hybridized carbons (Fsp3) is 0.444. The fourth-order valence-corrected chi connectivity index (χ4v) is 3.20. The molecule has 0 aliphatic carbocycles. The maximum Gasteiger partial charge on any atom is 0.231 e.